The third kappa shape index (κ3) is 5.87. The van der Waals surface area contributed by atoms with Crippen LogP contribution < -0.4 is 0 Å². The van der Waals surface area contributed by atoms with Crippen LogP contribution in [0.5, 0.6) is 0 Å². The van der Waals surface area contributed by atoms with Gasteiger partial charge in [0.2, 0.25) is 0 Å². The average Bonchev–Trinajstić information content (AvgIpc) is 3.57. The van der Waals surface area contributed by atoms with Crippen LogP contribution in [0.2, 0.25) is 0 Å². The second kappa shape index (κ2) is 14.2. The highest BCUT2D eigenvalue weighted by Crippen LogP contribution is 2.40. The smallest absolute Gasteiger partial charge is 0.340 e. The Balaban J connectivity index is 0.000000167. The number of carboxylic acid groups (broad SMARTS) is 1. The molecule has 6 aromatic rings. The first-order valence-corrected chi connectivity index (χ1v) is 17.5. The third-order valence-electron chi connectivity index (χ3n) is 10.0. The zero-order chi connectivity index (χ0) is 38.1. The van der Waals surface area contributed by atoms with Crippen LogP contribution >= 0.6 is 0 Å². The molecule has 6 aromatic carbocycles. The highest BCUT2D eigenvalue weighted by Gasteiger charge is 2.54. The number of benzene rings is 6. The summed E-state index contributed by atoms with van der Waals surface area (Å²) in [5.74, 6) is -4.77. The Hall–Kier alpha value is -6.94. The Bertz CT molecular complexity index is 2390. The van der Waals surface area contributed by atoms with Crippen molar-refractivity contribution in [3.05, 3.63) is 167 Å². The van der Waals surface area contributed by atoms with Gasteiger partial charge in [-0.25, -0.2) is 9.59 Å². The van der Waals surface area contributed by atoms with Crippen molar-refractivity contribution in [3.63, 3.8) is 0 Å². The summed E-state index contributed by atoms with van der Waals surface area (Å²) in [5, 5.41) is 14.0. The second-order valence-electron chi connectivity index (χ2n) is 13.0. The van der Waals surface area contributed by atoms with Gasteiger partial charge in [-0.2, -0.15) is 0 Å². The fourth-order valence-electron chi connectivity index (χ4n) is 7.22. The fourth-order valence-corrected chi connectivity index (χ4v) is 7.22. The van der Waals surface area contributed by atoms with Gasteiger partial charge >= 0.3 is 11.9 Å². The monoisotopic (exact) mass is 718 g/mol. The minimum absolute atomic E-state index is 0.0668. The van der Waals surface area contributed by atoms with Crippen LogP contribution in [-0.4, -0.2) is 50.6 Å². The zero-order valence-electron chi connectivity index (χ0n) is 29.4. The Morgan fingerprint density at radius 1 is 0.593 bits per heavy atom. The molecule has 0 aromatic heterocycles. The maximum absolute atomic E-state index is 13.2. The normalized spacial score (nSPS) is 15.0. The first-order chi connectivity index (χ1) is 26.1. The van der Waals surface area contributed by atoms with Gasteiger partial charge in [-0.15, -0.1) is 0 Å². The number of hydrogen-bond acceptors (Lipinski definition) is 7. The van der Waals surface area contributed by atoms with Gasteiger partial charge in [0.15, 0.2) is 5.54 Å². The maximum Gasteiger partial charge on any atom is 0.340 e. The largest absolute Gasteiger partial charge is 0.479 e. The topological polar surface area (TPSA) is 138 Å². The zero-order valence-corrected chi connectivity index (χ0v) is 29.4. The van der Waals surface area contributed by atoms with Gasteiger partial charge in [0.1, 0.15) is 0 Å². The summed E-state index contributed by atoms with van der Waals surface area (Å²) in [6.07, 6.45) is 0.563. The molecular formula is C44H34N2O8. The molecule has 2 heterocycles. The van der Waals surface area contributed by atoms with E-state index < -0.39 is 47.0 Å². The summed E-state index contributed by atoms with van der Waals surface area (Å²) in [7, 11) is 0. The van der Waals surface area contributed by atoms with Crippen molar-refractivity contribution in [2.75, 3.05) is 0 Å². The summed E-state index contributed by atoms with van der Waals surface area (Å²) in [6.45, 7) is 3.52. The van der Waals surface area contributed by atoms with E-state index in [1.165, 1.54) is 0 Å². The molecule has 268 valence electrons. The van der Waals surface area contributed by atoms with E-state index in [2.05, 4.69) is 0 Å². The van der Waals surface area contributed by atoms with Crippen LogP contribution in [0.4, 0.5) is 0 Å². The molecule has 2 unspecified atom stereocenters. The molecule has 54 heavy (non-hydrogen) atoms. The van der Waals surface area contributed by atoms with Gasteiger partial charge in [-0.3, -0.25) is 24.1 Å². The first-order valence-electron chi connectivity index (χ1n) is 17.5. The lowest BCUT2D eigenvalue weighted by molar-refractivity contribution is -0.170. The standard InChI is InChI=1S/2C22H17NO4/c1-2-22(21(26)27,16-10-4-3-5-11-16)23-19(24)17-12-14-8-6-7-9-15(14)13-18(17)20(23)25;1-2-17(14-8-4-3-5-9-14)22(26)27-23-20(24)18-12-15-10-6-7-11-16(15)13-19(18)21(23)25/h3-13H,2H2,1H3,(H,26,27);3-13,17H,2H2,1H3. The molecule has 8 rings (SSSR count). The molecule has 4 amide bonds. The number of imide groups is 2. The van der Waals surface area contributed by atoms with E-state index in [0.717, 1.165) is 32.0 Å². The summed E-state index contributed by atoms with van der Waals surface area (Å²) in [5.41, 5.74) is 0.424. The number of aliphatic carboxylic acids is 1. The molecule has 10 nitrogen and oxygen atoms in total. The number of carbonyl (C=O) groups excluding carboxylic acids is 5. The lowest BCUT2D eigenvalue weighted by atomic mass is 9.85. The molecule has 0 radical (unpaired) electrons. The summed E-state index contributed by atoms with van der Waals surface area (Å²) in [6, 6.07) is 39.1. The number of carbonyl (C=O) groups is 6. The summed E-state index contributed by atoms with van der Waals surface area (Å²) >= 11 is 0. The number of rotatable bonds is 8. The van der Waals surface area contributed by atoms with Crippen molar-refractivity contribution < 1.29 is 38.7 Å². The van der Waals surface area contributed by atoms with Crippen LogP contribution in [0.25, 0.3) is 21.5 Å². The van der Waals surface area contributed by atoms with Crippen LogP contribution in [0, 0.1) is 0 Å². The van der Waals surface area contributed by atoms with E-state index in [4.69, 9.17) is 4.84 Å². The molecule has 2 atom stereocenters. The Morgan fingerprint density at radius 2 is 0.981 bits per heavy atom. The van der Waals surface area contributed by atoms with E-state index in [9.17, 15) is 33.9 Å². The van der Waals surface area contributed by atoms with Crippen LogP contribution in [0.1, 0.15) is 85.2 Å². The van der Waals surface area contributed by atoms with Crippen molar-refractivity contribution in [3.8, 4) is 0 Å². The van der Waals surface area contributed by atoms with E-state index in [0.29, 0.717) is 17.0 Å². The molecule has 0 saturated heterocycles. The summed E-state index contributed by atoms with van der Waals surface area (Å²) in [4.78, 5) is 82.8. The lowest BCUT2D eigenvalue weighted by Crippen LogP contribution is -2.54. The van der Waals surface area contributed by atoms with E-state index in [-0.39, 0.29) is 28.7 Å². The molecular weight excluding hydrogens is 684 g/mol. The SMILES string of the molecule is CCC(C(=O)O)(c1ccccc1)N1C(=O)c2cc3ccccc3cc2C1=O.CCC(C(=O)ON1C(=O)c2cc3ccccc3cc2C1=O)c1ccccc1. The van der Waals surface area contributed by atoms with Gasteiger partial charge in [-0.1, -0.05) is 128 Å². The van der Waals surface area contributed by atoms with Crippen molar-refractivity contribution in [2.24, 2.45) is 0 Å². The molecule has 2 aliphatic rings. The van der Waals surface area contributed by atoms with Crippen molar-refractivity contribution in [2.45, 2.75) is 38.1 Å². The Morgan fingerprint density at radius 3 is 1.37 bits per heavy atom. The number of nitrogens with zero attached hydrogens (tertiary/aromatic N) is 2. The van der Waals surface area contributed by atoms with Gasteiger partial charge in [-0.05, 0) is 69.8 Å². The molecule has 0 spiro atoms. The quantitative estimate of drug-likeness (QED) is 0.157. The number of hydrogen-bond donors (Lipinski definition) is 1. The van der Waals surface area contributed by atoms with Gasteiger partial charge in [0.25, 0.3) is 23.6 Å². The van der Waals surface area contributed by atoms with Gasteiger partial charge in [0.05, 0.1) is 28.2 Å². The average molecular weight is 719 g/mol. The minimum Gasteiger partial charge on any atom is -0.479 e. The molecule has 0 fully saturated rings. The minimum atomic E-state index is -1.75. The van der Waals surface area contributed by atoms with Crippen LogP contribution in [-0.2, 0) is 20.0 Å². The highest BCUT2D eigenvalue weighted by molar-refractivity contribution is 6.25. The molecule has 1 N–H and O–H groups in total. The van der Waals surface area contributed by atoms with E-state index >= 15 is 0 Å². The van der Waals surface area contributed by atoms with Crippen LogP contribution in [0.3, 0.4) is 0 Å². The summed E-state index contributed by atoms with van der Waals surface area (Å²) < 4.78 is 0. The lowest BCUT2D eigenvalue weighted by Gasteiger charge is -2.36. The Kier molecular flexibility index (Phi) is 9.35. The van der Waals surface area contributed by atoms with Gasteiger partial charge in [0, 0.05) is 0 Å². The first kappa shape index (κ1) is 35.5. The number of carboxylic acids is 1. The highest BCUT2D eigenvalue weighted by atomic mass is 16.7. The second-order valence-corrected chi connectivity index (χ2v) is 13.0. The van der Waals surface area contributed by atoms with Crippen LogP contribution in [0.15, 0.2) is 133 Å². The molecule has 0 saturated carbocycles. The number of hydroxylamine groups is 2. The van der Waals surface area contributed by atoms with Crippen molar-refractivity contribution >= 4 is 57.1 Å². The number of amides is 4. The number of fused-ring (bicyclic) bond motifs is 4. The maximum atomic E-state index is 13.2. The molecule has 0 aliphatic carbocycles. The Labute approximate surface area is 310 Å². The fraction of sp³-hybridized carbons (Fsp3) is 0.136. The van der Waals surface area contributed by atoms with E-state index in [1.54, 1.807) is 61.5 Å². The van der Waals surface area contributed by atoms with E-state index in [1.807, 2.05) is 85.8 Å². The van der Waals surface area contributed by atoms with Gasteiger partial charge < -0.3 is 9.94 Å². The van der Waals surface area contributed by atoms with Crippen molar-refractivity contribution in [1.29, 1.82) is 0 Å². The molecule has 10 heteroatoms. The predicted molar refractivity (Wildman–Crippen MR) is 201 cm³/mol. The predicted octanol–water partition coefficient (Wildman–Crippen LogP) is 7.91. The molecule has 0 bridgehead atoms. The van der Waals surface area contributed by atoms with Crippen molar-refractivity contribution in [1.82, 2.24) is 9.96 Å². The third-order valence-corrected chi connectivity index (χ3v) is 10.0. The molecule has 2 aliphatic heterocycles.